The molecule has 0 saturated heterocycles. The summed E-state index contributed by atoms with van der Waals surface area (Å²) in [7, 11) is 0. The highest BCUT2D eigenvalue weighted by atomic mass is 35.5. The molecule has 3 N–H and O–H groups in total. The first kappa shape index (κ1) is 20.2. The summed E-state index contributed by atoms with van der Waals surface area (Å²) in [5, 5.41) is 3.63. The van der Waals surface area contributed by atoms with Crippen LogP contribution in [0.3, 0.4) is 0 Å². The van der Waals surface area contributed by atoms with Crippen molar-refractivity contribution in [1.82, 2.24) is 4.98 Å². The minimum absolute atomic E-state index is 0.192. The van der Waals surface area contributed by atoms with Crippen LogP contribution < -0.4 is 11.1 Å². The van der Waals surface area contributed by atoms with E-state index >= 15 is 4.39 Å². The zero-order chi connectivity index (χ0) is 20.6. The van der Waals surface area contributed by atoms with E-state index in [0.29, 0.717) is 27.1 Å². The van der Waals surface area contributed by atoms with Crippen LogP contribution in [0.25, 0.3) is 0 Å². The highest BCUT2D eigenvalue weighted by Gasteiger charge is 2.54. The van der Waals surface area contributed by atoms with Gasteiger partial charge in [-0.3, -0.25) is 9.79 Å². The van der Waals surface area contributed by atoms with Crippen molar-refractivity contribution in [2.75, 3.05) is 11.1 Å². The number of carbonyl (C=O) groups is 1. The summed E-state index contributed by atoms with van der Waals surface area (Å²) in [6.45, 7) is 2.17. The van der Waals surface area contributed by atoms with Gasteiger partial charge in [0.25, 0.3) is 5.91 Å². The van der Waals surface area contributed by atoms with Crippen molar-refractivity contribution in [2.24, 2.45) is 16.1 Å². The Morgan fingerprint density at radius 1 is 1.28 bits per heavy atom. The van der Waals surface area contributed by atoms with Gasteiger partial charge in [0.2, 0.25) is 0 Å². The summed E-state index contributed by atoms with van der Waals surface area (Å²) in [5.41, 5.74) is 6.55. The number of thioether (sulfide) groups is 1. The van der Waals surface area contributed by atoms with Crippen LogP contribution in [0.4, 0.5) is 10.1 Å². The number of halogens is 2. The van der Waals surface area contributed by atoms with E-state index in [9.17, 15) is 4.79 Å². The molecule has 1 aliphatic carbocycles. The van der Waals surface area contributed by atoms with Crippen LogP contribution in [0, 0.1) is 11.2 Å². The van der Waals surface area contributed by atoms with Gasteiger partial charge in [0.05, 0.1) is 11.1 Å². The van der Waals surface area contributed by atoms with Crippen LogP contribution >= 0.6 is 23.4 Å². The molecule has 0 unspecified atom stereocenters. The second kappa shape index (κ2) is 7.61. The fourth-order valence-corrected chi connectivity index (χ4v) is 5.58. The molecule has 4 rings (SSSR count). The minimum atomic E-state index is -0.715. The SMILES string of the molecule is C[C@@]12CCCC[C@]1(c1cc(NC(=O)c3ccc(Cl)nc3)ccc1F)N=C(N)SC2. The third-order valence-electron chi connectivity index (χ3n) is 6.01. The Labute approximate surface area is 178 Å². The van der Waals surface area contributed by atoms with Gasteiger partial charge < -0.3 is 11.1 Å². The topological polar surface area (TPSA) is 80.4 Å². The molecule has 1 aliphatic heterocycles. The van der Waals surface area contributed by atoms with Gasteiger partial charge in [-0.15, -0.1) is 0 Å². The molecule has 152 valence electrons. The largest absolute Gasteiger partial charge is 0.379 e. The third kappa shape index (κ3) is 3.62. The number of amides is 1. The van der Waals surface area contributed by atoms with Gasteiger partial charge in [0, 0.05) is 28.6 Å². The Morgan fingerprint density at radius 3 is 2.83 bits per heavy atom. The third-order valence-corrected chi connectivity index (χ3v) is 7.41. The number of aliphatic imine (C=N–C) groups is 1. The van der Waals surface area contributed by atoms with Gasteiger partial charge in [-0.1, -0.05) is 43.1 Å². The zero-order valence-corrected chi connectivity index (χ0v) is 17.6. The molecule has 1 fully saturated rings. The number of hydrogen-bond donors (Lipinski definition) is 2. The van der Waals surface area contributed by atoms with Crippen LogP contribution in [0.1, 0.15) is 48.5 Å². The van der Waals surface area contributed by atoms with E-state index < -0.39 is 5.54 Å². The predicted molar refractivity (Wildman–Crippen MR) is 116 cm³/mol. The number of hydrogen-bond acceptors (Lipinski definition) is 5. The predicted octanol–water partition coefficient (Wildman–Crippen LogP) is 4.96. The maximum Gasteiger partial charge on any atom is 0.257 e. The number of pyridine rings is 1. The average molecular weight is 433 g/mol. The monoisotopic (exact) mass is 432 g/mol. The first-order valence-corrected chi connectivity index (χ1v) is 10.9. The average Bonchev–Trinajstić information content (AvgIpc) is 2.70. The van der Waals surface area contributed by atoms with E-state index in [1.165, 1.54) is 24.0 Å². The Balaban J connectivity index is 1.72. The molecule has 0 radical (unpaired) electrons. The quantitative estimate of drug-likeness (QED) is 0.671. The van der Waals surface area contributed by atoms with Crippen molar-refractivity contribution in [3.8, 4) is 0 Å². The van der Waals surface area contributed by atoms with E-state index in [0.717, 1.165) is 31.4 Å². The van der Waals surface area contributed by atoms with Crippen molar-refractivity contribution in [2.45, 2.75) is 38.1 Å². The van der Waals surface area contributed by atoms with Gasteiger partial charge in [0.15, 0.2) is 5.17 Å². The summed E-state index contributed by atoms with van der Waals surface area (Å²) in [5.74, 6) is 0.139. The Morgan fingerprint density at radius 2 is 2.07 bits per heavy atom. The number of benzene rings is 1. The van der Waals surface area contributed by atoms with Crippen molar-refractivity contribution in [3.05, 3.63) is 58.6 Å². The van der Waals surface area contributed by atoms with Crippen molar-refractivity contribution in [3.63, 3.8) is 0 Å². The standard InChI is InChI=1S/C21H22ClFN4OS/c1-20-8-2-3-9-21(20,27-19(24)29-12-20)15-10-14(5-6-16(15)23)26-18(28)13-4-7-17(22)25-11-13/h4-7,10-11H,2-3,8-9,12H2,1H3,(H2,24,27)(H,26,28)/t20-,21+/m0/s1. The lowest BCUT2D eigenvalue weighted by atomic mass is 9.60. The van der Waals surface area contributed by atoms with Crippen LogP contribution in [-0.2, 0) is 5.54 Å². The molecule has 1 aromatic heterocycles. The van der Waals surface area contributed by atoms with Gasteiger partial charge in [-0.2, -0.15) is 0 Å². The number of anilines is 1. The summed E-state index contributed by atoms with van der Waals surface area (Å²) >= 11 is 7.31. The van der Waals surface area contributed by atoms with Gasteiger partial charge in [-0.25, -0.2) is 9.37 Å². The molecule has 1 saturated carbocycles. The molecule has 5 nitrogen and oxygen atoms in total. The second-order valence-electron chi connectivity index (χ2n) is 7.89. The molecule has 0 spiro atoms. The van der Waals surface area contributed by atoms with Crippen molar-refractivity contribution in [1.29, 1.82) is 0 Å². The number of nitrogens with zero attached hydrogens (tertiary/aromatic N) is 2. The van der Waals surface area contributed by atoms with Crippen molar-refractivity contribution >= 4 is 40.1 Å². The number of fused-ring (bicyclic) bond motifs is 1. The first-order valence-electron chi connectivity index (χ1n) is 9.54. The maximum absolute atomic E-state index is 15.1. The Bertz CT molecular complexity index is 983. The van der Waals surface area contributed by atoms with E-state index in [4.69, 9.17) is 22.3 Å². The number of nitrogens with one attached hydrogen (secondary N) is 1. The lowest BCUT2D eigenvalue weighted by molar-refractivity contribution is 0.0999. The number of rotatable bonds is 3. The molecule has 2 atom stereocenters. The lowest BCUT2D eigenvalue weighted by Gasteiger charge is -2.52. The number of amidine groups is 1. The van der Waals surface area contributed by atoms with Crippen molar-refractivity contribution < 1.29 is 9.18 Å². The fourth-order valence-electron chi connectivity index (χ4n) is 4.39. The first-order chi connectivity index (χ1) is 13.8. The van der Waals surface area contributed by atoms with Gasteiger partial charge in [0.1, 0.15) is 11.0 Å². The molecule has 2 heterocycles. The number of nitrogens with two attached hydrogens (primary N) is 1. The molecule has 0 bridgehead atoms. The van der Waals surface area contributed by atoms with E-state index in [1.807, 2.05) is 0 Å². The Kier molecular flexibility index (Phi) is 5.29. The molecule has 1 amide bonds. The molecule has 8 heteroatoms. The number of carbonyl (C=O) groups excluding carboxylic acids is 1. The van der Waals surface area contributed by atoms with Crippen LogP contribution in [0.2, 0.25) is 5.15 Å². The van der Waals surface area contributed by atoms with Crippen LogP contribution in [-0.4, -0.2) is 21.8 Å². The van der Waals surface area contributed by atoms with Gasteiger partial charge >= 0.3 is 0 Å². The maximum atomic E-state index is 15.1. The normalized spacial score (nSPS) is 26.4. The highest BCUT2D eigenvalue weighted by molar-refractivity contribution is 8.13. The van der Waals surface area contributed by atoms with E-state index in [-0.39, 0.29) is 17.1 Å². The summed E-state index contributed by atoms with van der Waals surface area (Å²) in [6.07, 6.45) is 5.16. The van der Waals surface area contributed by atoms with E-state index in [1.54, 1.807) is 24.3 Å². The molecular weight excluding hydrogens is 411 g/mol. The summed E-state index contributed by atoms with van der Waals surface area (Å²) in [6, 6.07) is 7.79. The zero-order valence-electron chi connectivity index (χ0n) is 16.0. The molecule has 1 aromatic carbocycles. The molecule has 29 heavy (non-hydrogen) atoms. The van der Waals surface area contributed by atoms with Crippen LogP contribution in [0.5, 0.6) is 0 Å². The second-order valence-corrected chi connectivity index (χ2v) is 9.27. The number of aromatic nitrogens is 1. The molecule has 2 aromatic rings. The molecular formula is C21H22ClFN4OS. The fraction of sp³-hybridized carbons (Fsp3) is 0.381. The van der Waals surface area contributed by atoms with E-state index in [2.05, 4.69) is 17.2 Å². The van der Waals surface area contributed by atoms with Crippen LogP contribution in [0.15, 0.2) is 41.5 Å². The lowest BCUT2D eigenvalue weighted by Crippen LogP contribution is -2.50. The molecule has 2 aliphatic rings. The Hall–Kier alpha value is -2.12. The minimum Gasteiger partial charge on any atom is -0.379 e. The summed E-state index contributed by atoms with van der Waals surface area (Å²) < 4.78 is 15.1. The van der Waals surface area contributed by atoms with Gasteiger partial charge in [-0.05, 0) is 43.2 Å². The summed E-state index contributed by atoms with van der Waals surface area (Å²) in [4.78, 5) is 21.3. The smallest absolute Gasteiger partial charge is 0.257 e. The highest BCUT2D eigenvalue weighted by Crippen LogP contribution is 2.57.